The van der Waals surface area contributed by atoms with Gasteiger partial charge in [0.2, 0.25) is 0 Å². The van der Waals surface area contributed by atoms with Crippen LogP contribution >= 0.6 is 0 Å². The van der Waals surface area contributed by atoms with Crippen molar-refractivity contribution in [1.29, 1.82) is 0 Å². The molecule has 1 saturated heterocycles. The first-order chi connectivity index (χ1) is 11.2. The molecule has 2 amide bonds. The number of rotatable bonds is 10. The van der Waals surface area contributed by atoms with E-state index in [2.05, 4.69) is 5.32 Å². The lowest BCUT2D eigenvalue weighted by molar-refractivity contribution is 0.0708. The smallest absolute Gasteiger partial charge is 0.374 e. The Morgan fingerprint density at radius 2 is 1.48 bits per heavy atom. The number of nitrogens with zero attached hydrogens (tertiary/aromatic N) is 1. The van der Waals surface area contributed by atoms with Crippen LogP contribution in [0.5, 0.6) is 0 Å². The van der Waals surface area contributed by atoms with Crippen molar-refractivity contribution in [3.8, 4) is 0 Å². The summed E-state index contributed by atoms with van der Waals surface area (Å²) >= 11 is 0. The molecule has 1 rings (SSSR count). The first-order valence-corrected chi connectivity index (χ1v) is 11.0. The quantitative estimate of drug-likeness (QED) is 0.488. The topological polar surface area (TPSA) is 60.0 Å². The fourth-order valence-electron chi connectivity index (χ4n) is 2.89. The highest BCUT2D eigenvalue weighted by atomic mass is 28.4. The summed E-state index contributed by atoms with van der Waals surface area (Å²) in [6.45, 7) is 10.0. The number of nitrogens with one attached hydrogen (secondary N) is 1. The third kappa shape index (κ3) is 7.65. The van der Waals surface area contributed by atoms with Crippen LogP contribution in [0.15, 0.2) is 0 Å². The summed E-state index contributed by atoms with van der Waals surface area (Å²) < 4.78 is 17.5. The highest BCUT2D eigenvalue weighted by Gasteiger charge is 2.39. The van der Waals surface area contributed by atoms with Gasteiger partial charge in [0.05, 0.1) is 0 Å². The molecule has 6 nitrogen and oxygen atoms in total. The van der Waals surface area contributed by atoms with Crippen LogP contribution in [0.2, 0.25) is 6.04 Å². The standard InChI is InChI=1S/C16H34N2O4Si/c1-4-20-23(21-5-2,22-6-3)15-11-12-17-16(19)18-13-9-7-8-10-14-18/h4-15H2,1-3H3,(H,17,19). The molecule has 1 aliphatic rings. The van der Waals surface area contributed by atoms with Crippen LogP contribution < -0.4 is 5.32 Å². The third-order valence-corrected chi connectivity index (χ3v) is 7.07. The molecule has 0 bridgehead atoms. The van der Waals surface area contributed by atoms with Gasteiger partial charge in [-0.1, -0.05) is 12.8 Å². The Labute approximate surface area is 142 Å². The van der Waals surface area contributed by atoms with Gasteiger partial charge in [-0.25, -0.2) is 4.79 Å². The van der Waals surface area contributed by atoms with E-state index in [1.165, 1.54) is 12.8 Å². The minimum absolute atomic E-state index is 0.0587. The second-order valence-corrected chi connectivity index (χ2v) is 8.45. The molecular weight excluding hydrogens is 312 g/mol. The van der Waals surface area contributed by atoms with Crippen LogP contribution in [0, 0.1) is 0 Å². The molecule has 0 spiro atoms. The summed E-state index contributed by atoms with van der Waals surface area (Å²) in [5.74, 6) is 0. The number of carbonyl (C=O) groups is 1. The van der Waals surface area contributed by atoms with Gasteiger partial charge < -0.3 is 23.5 Å². The maximum absolute atomic E-state index is 12.2. The van der Waals surface area contributed by atoms with E-state index in [1.54, 1.807) is 0 Å². The van der Waals surface area contributed by atoms with Gasteiger partial charge in [0.15, 0.2) is 0 Å². The summed E-state index contributed by atoms with van der Waals surface area (Å²) in [6, 6.07) is 0.798. The molecule has 1 fully saturated rings. The summed E-state index contributed by atoms with van der Waals surface area (Å²) in [5.41, 5.74) is 0. The molecule has 0 radical (unpaired) electrons. The van der Waals surface area contributed by atoms with Gasteiger partial charge in [-0.05, 0) is 40.0 Å². The van der Waals surface area contributed by atoms with Crippen molar-refractivity contribution in [2.24, 2.45) is 0 Å². The van der Waals surface area contributed by atoms with E-state index >= 15 is 0 Å². The van der Waals surface area contributed by atoms with Gasteiger partial charge in [0.1, 0.15) is 0 Å². The Hall–Kier alpha value is -0.633. The minimum atomic E-state index is -2.58. The summed E-state index contributed by atoms with van der Waals surface area (Å²) in [5, 5.41) is 3.02. The number of urea groups is 1. The lowest BCUT2D eigenvalue weighted by Crippen LogP contribution is -2.47. The molecule has 1 heterocycles. The van der Waals surface area contributed by atoms with Crippen LogP contribution in [0.4, 0.5) is 4.79 Å². The number of carbonyl (C=O) groups excluding carboxylic acids is 1. The number of likely N-dealkylation sites (tertiary alicyclic amines) is 1. The second kappa shape index (κ2) is 11.8. The van der Waals surface area contributed by atoms with Crippen molar-refractivity contribution in [1.82, 2.24) is 10.2 Å². The van der Waals surface area contributed by atoms with Crippen molar-refractivity contribution in [2.45, 2.75) is 58.9 Å². The molecule has 0 aromatic carbocycles. The minimum Gasteiger partial charge on any atom is -0.374 e. The van der Waals surface area contributed by atoms with E-state index in [9.17, 15) is 4.79 Å². The molecule has 136 valence electrons. The Morgan fingerprint density at radius 3 is 1.96 bits per heavy atom. The van der Waals surface area contributed by atoms with E-state index in [-0.39, 0.29) is 6.03 Å². The molecule has 23 heavy (non-hydrogen) atoms. The lowest BCUT2D eigenvalue weighted by atomic mass is 10.2. The molecule has 7 heteroatoms. The normalized spacial score (nSPS) is 16.2. The third-order valence-electron chi connectivity index (χ3n) is 3.92. The van der Waals surface area contributed by atoms with Crippen LogP contribution in [0.1, 0.15) is 52.9 Å². The Kier molecular flexibility index (Phi) is 10.5. The zero-order valence-electron chi connectivity index (χ0n) is 15.1. The predicted molar refractivity (Wildman–Crippen MR) is 93.5 cm³/mol. The Morgan fingerprint density at radius 1 is 0.957 bits per heavy atom. The number of hydrogen-bond donors (Lipinski definition) is 1. The van der Waals surface area contributed by atoms with Crippen LogP contribution in [0.3, 0.4) is 0 Å². The van der Waals surface area contributed by atoms with Gasteiger partial charge in [0.25, 0.3) is 0 Å². The monoisotopic (exact) mass is 346 g/mol. The van der Waals surface area contributed by atoms with Crippen LogP contribution in [-0.2, 0) is 13.3 Å². The maximum atomic E-state index is 12.2. The average Bonchev–Trinajstić information content (AvgIpc) is 2.81. The summed E-state index contributed by atoms with van der Waals surface area (Å²) in [7, 11) is -2.58. The summed E-state index contributed by atoms with van der Waals surface area (Å²) in [4.78, 5) is 14.1. The van der Waals surface area contributed by atoms with Gasteiger partial charge in [-0.2, -0.15) is 0 Å². The van der Waals surface area contributed by atoms with E-state index in [0.717, 1.165) is 38.4 Å². The van der Waals surface area contributed by atoms with Crippen molar-refractivity contribution < 1.29 is 18.1 Å². The van der Waals surface area contributed by atoms with Crippen molar-refractivity contribution >= 4 is 14.8 Å². The Bertz CT molecular complexity index is 306. The zero-order chi connectivity index (χ0) is 17.0. The molecule has 0 aliphatic carbocycles. The van der Waals surface area contributed by atoms with Crippen molar-refractivity contribution in [3.05, 3.63) is 0 Å². The molecule has 0 aromatic heterocycles. The fourth-order valence-corrected chi connectivity index (χ4v) is 5.50. The SMILES string of the molecule is CCO[Si](CCCNC(=O)N1CCCCCC1)(OCC)OCC. The van der Waals surface area contributed by atoms with Gasteiger partial charge in [-0.15, -0.1) is 0 Å². The van der Waals surface area contributed by atoms with Crippen LogP contribution in [-0.4, -0.2) is 59.2 Å². The molecular formula is C16H34N2O4Si. The predicted octanol–water partition coefficient (Wildman–Crippen LogP) is 3.01. The molecule has 1 N–H and O–H groups in total. The van der Waals surface area contributed by atoms with Gasteiger partial charge >= 0.3 is 14.8 Å². The van der Waals surface area contributed by atoms with Crippen LogP contribution in [0.25, 0.3) is 0 Å². The van der Waals surface area contributed by atoms with E-state index in [1.807, 2.05) is 25.7 Å². The largest absolute Gasteiger partial charge is 0.500 e. The molecule has 0 atom stereocenters. The van der Waals surface area contributed by atoms with Crippen molar-refractivity contribution in [3.63, 3.8) is 0 Å². The fraction of sp³-hybridized carbons (Fsp3) is 0.938. The van der Waals surface area contributed by atoms with E-state index < -0.39 is 8.80 Å². The first kappa shape index (κ1) is 20.4. The first-order valence-electron chi connectivity index (χ1n) is 9.12. The van der Waals surface area contributed by atoms with Gasteiger partial charge in [-0.3, -0.25) is 0 Å². The van der Waals surface area contributed by atoms with E-state index in [0.29, 0.717) is 26.4 Å². The maximum Gasteiger partial charge on any atom is 0.500 e. The summed E-state index contributed by atoms with van der Waals surface area (Å²) in [6.07, 6.45) is 5.50. The molecule has 0 unspecified atom stereocenters. The highest BCUT2D eigenvalue weighted by Crippen LogP contribution is 2.18. The zero-order valence-corrected chi connectivity index (χ0v) is 16.1. The molecule has 0 saturated carbocycles. The highest BCUT2D eigenvalue weighted by molar-refractivity contribution is 6.60. The molecule has 0 aromatic rings. The second-order valence-electron chi connectivity index (χ2n) is 5.72. The van der Waals surface area contributed by atoms with Gasteiger partial charge in [0, 0.05) is 45.5 Å². The Balaban J connectivity index is 2.35. The molecule has 1 aliphatic heterocycles. The van der Waals surface area contributed by atoms with E-state index in [4.69, 9.17) is 13.3 Å². The van der Waals surface area contributed by atoms with Crippen molar-refractivity contribution in [2.75, 3.05) is 39.5 Å². The number of hydrogen-bond acceptors (Lipinski definition) is 4. The lowest BCUT2D eigenvalue weighted by Gasteiger charge is -2.28. The number of amides is 2. The average molecular weight is 347 g/mol.